The molecule has 2 aromatic rings. The smallest absolute Gasteiger partial charge is 0.370 e. The van der Waals surface area contributed by atoms with E-state index in [2.05, 4.69) is 15.3 Å². The van der Waals surface area contributed by atoms with Gasteiger partial charge in [0, 0.05) is 18.1 Å². The Hall–Kier alpha value is -1.28. The van der Waals surface area contributed by atoms with Gasteiger partial charge in [0.1, 0.15) is 10.8 Å². The molecule has 0 bridgehead atoms. The molecule has 0 aliphatic heterocycles. The molecule has 20 heavy (non-hydrogen) atoms. The van der Waals surface area contributed by atoms with E-state index < -0.39 is 11.7 Å². The van der Waals surface area contributed by atoms with Crippen molar-refractivity contribution in [3.8, 4) is 0 Å². The molecule has 0 aliphatic rings. The van der Waals surface area contributed by atoms with Gasteiger partial charge in [-0.25, -0.2) is 9.97 Å². The van der Waals surface area contributed by atoms with Crippen molar-refractivity contribution in [1.82, 2.24) is 9.97 Å². The summed E-state index contributed by atoms with van der Waals surface area (Å²) in [6.45, 7) is 2.52. The van der Waals surface area contributed by atoms with E-state index in [0.717, 1.165) is 30.3 Å². The lowest BCUT2D eigenvalue weighted by Gasteiger charge is -2.11. The Morgan fingerprint density at radius 1 is 1.35 bits per heavy atom. The molecule has 0 amide bonds. The summed E-state index contributed by atoms with van der Waals surface area (Å²) in [6, 6.07) is 2.07. The van der Waals surface area contributed by atoms with Crippen LogP contribution in [0.3, 0.4) is 0 Å². The Kier molecular flexibility index (Phi) is 4.87. The molecule has 0 radical (unpaired) electrons. The van der Waals surface area contributed by atoms with Gasteiger partial charge in [-0.15, -0.1) is 11.3 Å². The number of hydrogen-bond donors (Lipinski definition) is 1. The molecule has 8 heteroatoms. The first kappa shape index (κ1) is 15.1. The van der Waals surface area contributed by atoms with Crippen LogP contribution in [0.25, 0.3) is 0 Å². The van der Waals surface area contributed by atoms with E-state index in [1.54, 1.807) is 11.6 Å². The molecule has 0 fully saturated rings. The molecule has 0 atom stereocenters. The second-order valence-electron chi connectivity index (χ2n) is 3.90. The number of rotatable bonds is 5. The van der Waals surface area contributed by atoms with E-state index in [0.29, 0.717) is 10.9 Å². The Labute approximate surface area is 122 Å². The fourth-order valence-corrected chi connectivity index (χ4v) is 3.01. The number of pyridine rings is 1. The zero-order valence-corrected chi connectivity index (χ0v) is 12.2. The normalized spacial score (nSPS) is 11.6. The van der Waals surface area contributed by atoms with Gasteiger partial charge in [-0.1, -0.05) is 6.92 Å². The quantitative estimate of drug-likeness (QED) is 0.878. The highest BCUT2D eigenvalue weighted by atomic mass is 32.2. The molecule has 0 spiro atoms. The standard InChI is InChI=1S/C12H12F3N3S2/c1-2-3-16-9-6-8(12(13,14)15)7-10(18-9)20-11-17-4-5-19-11/h4-7H,2-3H2,1H3,(H,16,18). The number of hydrogen-bond acceptors (Lipinski definition) is 5. The van der Waals surface area contributed by atoms with Crippen LogP contribution in [-0.2, 0) is 6.18 Å². The molecule has 0 saturated carbocycles. The van der Waals surface area contributed by atoms with E-state index in [1.165, 1.54) is 11.3 Å². The van der Waals surface area contributed by atoms with Gasteiger partial charge in [0.05, 0.1) is 5.56 Å². The summed E-state index contributed by atoms with van der Waals surface area (Å²) in [5.74, 6) is 0.237. The fraction of sp³-hybridized carbons (Fsp3) is 0.333. The predicted molar refractivity (Wildman–Crippen MR) is 74.3 cm³/mol. The van der Waals surface area contributed by atoms with Crippen LogP contribution >= 0.6 is 23.1 Å². The monoisotopic (exact) mass is 319 g/mol. The van der Waals surface area contributed by atoms with Gasteiger partial charge in [0.2, 0.25) is 0 Å². The van der Waals surface area contributed by atoms with Crippen molar-refractivity contribution in [2.24, 2.45) is 0 Å². The van der Waals surface area contributed by atoms with Gasteiger partial charge >= 0.3 is 6.18 Å². The van der Waals surface area contributed by atoms with Crippen molar-refractivity contribution < 1.29 is 13.2 Å². The van der Waals surface area contributed by atoms with Crippen LogP contribution in [0, 0.1) is 0 Å². The van der Waals surface area contributed by atoms with Crippen molar-refractivity contribution >= 4 is 28.9 Å². The largest absolute Gasteiger partial charge is 0.416 e. The van der Waals surface area contributed by atoms with Crippen molar-refractivity contribution in [1.29, 1.82) is 0 Å². The molecule has 0 aliphatic carbocycles. The Morgan fingerprint density at radius 3 is 2.75 bits per heavy atom. The molecule has 2 aromatic heterocycles. The maximum atomic E-state index is 12.9. The van der Waals surface area contributed by atoms with E-state index in [1.807, 2.05) is 6.92 Å². The Morgan fingerprint density at radius 2 is 2.15 bits per heavy atom. The van der Waals surface area contributed by atoms with E-state index in [-0.39, 0.29) is 10.8 Å². The van der Waals surface area contributed by atoms with Gasteiger partial charge in [-0.05, 0) is 30.3 Å². The van der Waals surface area contributed by atoms with Crippen LogP contribution < -0.4 is 5.32 Å². The number of aromatic nitrogens is 2. The molecular weight excluding hydrogens is 307 g/mol. The molecule has 0 unspecified atom stereocenters. The summed E-state index contributed by atoms with van der Waals surface area (Å²) >= 11 is 2.49. The highest BCUT2D eigenvalue weighted by Gasteiger charge is 2.31. The number of halogens is 3. The summed E-state index contributed by atoms with van der Waals surface area (Å²) in [5, 5.41) is 4.94. The van der Waals surface area contributed by atoms with Crippen LogP contribution in [0.1, 0.15) is 18.9 Å². The zero-order valence-electron chi connectivity index (χ0n) is 10.6. The Balaban J connectivity index is 2.29. The maximum Gasteiger partial charge on any atom is 0.416 e. The van der Waals surface area contributed by atoms with Crippen molar-refractivity contribution in [3.63, 3.8) is 0 Å². The SMILES string of the molecule is CCCNc1cc(C(F)(F)F)cc(Sc2nccs2)n1. The average molecular weight is 319 g/mol. The average Bonchev–Trinajstić information content (AvgIpc) is 2.88. The van der Waals surface area contributed by atoms with Gasteiger partial charge in [0.15, 0.2) is 4.34 Å². The zero-order chi connectivity index (χ0) is 14.6. The van der Waals surface area contributed by atoms with Crippen LogP contribution in [-0.4, -0.2) is 16.5 Å². The van der Waals surface area contributed by atoms with Crippen molar-refractivity contribution in [2.75, 3.05) is 11.9 Å². The molecule has 2 heterocycles. The summed E-state index contributed by atoms with van der Waals surface area (Å²) in [5.41, 5.74) is -0.704. The maximum absolute atomic E-state index is 12.9. The molecule has 3 nitrogen and oxygen atoms in total. The minimum absolute atomic E-state index is 0.237. The molecule has 2 rings (SSSR count). The predicted octanol–water partition coefficient (Wildman–Crippen LogP) is 4.53. The highest BCUT2D eigenvalue weighted by molar-refractivity contribution is 8.01. The highest BCUT2D eigenvalue weighted by Crippen LogP contribution is 2.35. The van der Waals surface area contributed by atoms with Crippen molar-refractivity contribution in [2.45, 2.75) is 28.9 Å². The third-order valence-corrected chi connectivity index (χ3v) is 4.09. The number of anilines is 1. The van der Waals surface area contributed by atoms with E-state index in [9.17, 15) is 13.2 Å². The lowest BCUT2D eigenvalue weighted by molar-refractivity contribution is -0.137. The van der Waals surface area contributed by atoms with Crippen LogP contribution in [0.15, 0.2) is 33.1 Å². The summed E-state index contributed by atoms with van der Waals surface area (Å²) in [4.78, 5) is 8.21. The number of nitrogens with one attached hydrogen (secondary N) is 1. The van der Waals surface area contributed by atoms with Crippen LogP contribution in [0.2, 0.25) is 0 Å². The van der Waals surface area contributed by atoms with E-state index in [4.69, 9.17) is 0 Å². The van der Waals surface area contributed by atoms with Gasteiger partial charge in [0.25, 0.3) is 0 Å². The first-order valence-electron chi connectivity index (χ1n) is 5.89. The molecule has 0 saturated heterocycles. The minimum Gasteiger partial charge on any atom is -0.370 e. The second kappa shape index (κ2) is 6.45. The minimum atomic E-state index is -4.39. The number of alkyl halides is 3. The fourth-order valence-electron chi connectivity index (χ4n) is 1.42. The Bertz CT molecular complexity index is 556. The second-order valence-corrected chi connectivity index (χ2v) is 6.07. The summed E-state index contributed by atoms with van der Waals surface area (Å²) in [6.07, 6.45) is -1.96. The van der Waals surface area contributed by atoms with Gasteiger partial charge in [-0.3, -0.25) is 0 Å². The number of thiazole rings is 1. The summed E-state index contributed by atoms with van der Waals surface area (Å²) < 4.78 is 39.3. The van der Waals surface area contributed by atoms with Crippen LogP contribution in [0.5, 0.6) is 0 Å². The molecule has 0 aromatic carbocycles. The summed E-state index contributed by atoms with van der Waals surface area (Å²) in [7, 11) is 0. The first-order valence-corrected chi connectivity index (χ1v) is 7.59. The topological polar surface area (TPSA) is 37.8 Å². The van der Waals surface area contributed by atoms with Crippen molar-refractivity contribution in [3.05, 3.63) is 29.3 Å². The molecule has 108 valence electrons. The molecular formula is C12H12F3N3S2. The lowest BCUT2D eigenvalue weighted by atomic mass is 10.2. The van der Waals surface area contributed by atoms with E-state index >= 15 is 0 Å². The van der Waals surface area contributed by atoms with Gasteiger partial charge in [-0.2, -0.15) is 13.2 Å². The number of nitrogens with zero attached hydrogens (tertiary/aromatic N) is 2. The third-order valence-electron chi connectivity index (χ3n) is 2.29. The van der Waals surface area contributed by atoms with Crippen LogP contribution in [0.4, 0.5) is 19.0 Å². The lowest BCUT2D eigenvalue weighted by Crippen LogP contribution is -2.09. The third kappa shape index (κ3) is 4.11. The van der Waals surface area contributed by atoms with Gasteiger partial charge < -0.3 is 5.32 Å². The first-order chi connectivity index (χ1) is 9.49. The molecule has 1 N–H and O–H groups in total.